The van der Waals surface area contributed by atoms with Crippen LogP contribution in [0, 0.1) is 0 Å². The van der Waals surface area contributed by atoms with Crippen LogP contribution in [0.25, 0.3) is 22.0 Å². The first-order chi connectivity index (χ1) is 23.9. The number of halogens is 1. The van der Waals surface area contributed by atoms with E-state index in [9.17, 15) is 14.4 Å². The fraction of sp³-hybridized carbons (Fsp3) is 0.471. The molecule has 1 aromatic heterocycles. The number of urea groups is 1. The van der Waals surface area contributed by atoms with Crippen molar-refractivity contribution in [3.63, 3.8) is 0 Å². The van der Waals surface area contributed by atoms with Gasteiger partial charge in [0.25, 0.3) is 0 Å². The van der Waals surface area contributed by atoms with Crippen molar-refractivity contribution in [1.82, 2.24) is 36.4 Å². The van der Waals surface area contributed by atoms with Gasteiger partial charge in [0.2, 0.25) is 11.8 Å². The number of pyridine rings is 1. The lowest BCUT2D eigenvalue weighted by Gasteiger charge is -2.16. The molecule has 2 saturated heterocycles. The quantitative estimate of drug-likeness (QED) is 0.0414. The number of nitrogens with one attached hydrogen (secondary N) is 7. The van der Waals surface area contributed by atoms with Gasteiger partial charge in [-0.1, -0.05) is 18.0 Å². The molecule has 7 N–H and O–H groups in total. The molecular formula is C34H43ClN8O5S. The summed E-state index contributed by atoms with van der Waals surface area (Å²) in [4.78, 5) is 40.1. The SMILES string of the molecule is COc1cc2c3[nH][nH]c(Nc4cccnc4Cl)c-3cc2cc1OCCCNC(=O)CCCCNC(=O)CCCCC1SCC2NC(=O)NC21. The Morgan fingerprint density at radius 1 is 1.00 bits per heavy atom. The molecule has 0 spiro atoms. The molecule has 3 unspecified atom stereocenters. The Morgan fingerprint density at radius 3 is 2.59 bits per heavy atom. The smallest absolute Gasteiger partial charge is 0.315 e. The van der Waals surface area contributed by atoms with Crippen LogP contribution in [-0.4, -0.2) is 82.9 Å². The Balaban J connectivity index is 0.838. The fourth-order valence-corrected chi connectivity index (χ4v) is 8.07. The number of rotatable bonds is 18. The molecule has 4 amide bonds. The molecule has 3 atom stereocenters. The highest BCUT2D eigenvalue weighted by atomic mass is 35.5. The highest BCUT2D eigenvalue weighted by molar-refractivity contribution is 8.00. The van der Waals surface area contributed by atoms with E-state index in [0.29, 0.717) is 73.0 Å². The van der Waals surface area contributed by atoms with E-state index in [0.717, 1.165) is 59.3 Å². The molecule has 15 heteroatoms. The van der Waals surface area contributed by atoms with E-state index in [4.69, 9.17) is 21.1 Å². The van der Waals surface area contributed by atoms with Crippen molar-refractivity contribution >= 4 is 63.5 Å². The number of hydrogen-bond acceptors (Lipinski definition) is 8. The standard InChI is InChI=1S/C34H43ClN8O5S/c1-47-25-18-21-20(16-22-30(21)42-43-33(22)39-23-8-6-13-38-32(23)35)17-26(25)48-15-7-14-37-29(45)11-4-5-12-36-28(44)10-3-2-9-27-31-24(19-49-27)40-34(46)41-31/h6,8,13,16-18,24,27,31,39,42-43H,2-5,7,9-12,14-15,19H2,1H3,(H,36,44)(H,37,45)(H2,40,41,46). The van der Waals surface area contributed by atoms with Crippen molar-refractivity contribution in [2.45, 2.75) is 68.7 Å². The van der Waals surface area contributed by atoms with Crippen LogP contribution >= 0.6 is 23.4 Å². The number of carbonyl (C=O) groups is 3. The Hall–Kier alpha value is -4.30. The third-order valence-corrected chi connectivity index (χ3v) is 10.7. The maximum Gasteiger partial charge on any atom is 0.315 e. The number of methoxy groups -OCH3 is 1. The van der Waals surface area contributed by atoms with Crippen LogP contribution in [0.2, 0.25) is 5.15 Å². The second-order valence-electron chi connectivity index (χ2n) is 12.3. The molecule has 1 aliphatic carbocycles. The molecule has 0 saturated carbocycles. The number of carbonyl (C=O) groups excluding carboxylic acids is 3. The second-order valence-corrected chi connectivity index (χ2v) is 14.0. The van der Waals surface area contributed by atoms with Gasteiger partial charge in [0.05, 0.1) is 37.2 Å². The summed E-state index contributed by atoms with van der Waals surface area (Å²) >= 11 is 8.13. The van der Waals surface area contributed by atoms with Gasteiger partial charge < -0.3 is 36.1 Å². The summed E-state index contributed by atoms with van der Waals surface area (Å²) in [6, 6.07) is 10.0. The van der Waals surface area contributed by atoms with Gasteiger partial charge in [-0.05, 0) is 67.8 Å². The summed E-state index contributed by atoms with van der Waals surface area (Å²) in [7, 11) is 1.61. The highest BCUT2D eigenvalue weighted by Gasteiger charge is 2.42. The van der Waals surface area contributed by atoms with Gasteiger partial charge in [0.15, 0.2) is 16.7 Å². The molecule has 2 aromatic rings. The van der Waals surface area contributed by atoms with Crippen LogP contribution < -0.4 is 36.1 Å². The molecule has 1 aromatic carbocycles. The molecular weight excluding hydrogens is 668 g/mol. The summed E-state index contributed by atoms with van der Waals surface area (Å²) < 4.78 is 11.7. The Morgan fingerprint density at radius 2 is 1.80 bits per heavy atom. The number of aromatic amines is 2. The predicted molar refractivity (Wildman–Crippen MR) is 192 cm³/mol. The zero-order valence-electron chi connectivity index (χ0n) is 27.5. The first-order valence-corrected chi connectivity index (χ1v) is 18.3. The number of ether oxygens (including phenoxy) is 2. The summed E-state index contributed by atoms with van der Waals surface area (Å²) in [5.41, 5.74) is 2.58. The molecule has 2 fully saturated rings. The minimum Gasteiger partial charge on any atom is -0.493 e. The molecule has 3 aliphatic heterocycles. The minimum absolute atomic E-state index is 0.00773. The van der Waals surface area contributed by atoms with Crippen LogP contribution in [0.4, 0.5) is 16.3 Å². The molecule has 262 valence electrons. The topological polar surface area (TPSA) is 174 Å². The molecule has 4 heterocycles. The van der Waals surface area contributed by atoms with E-state index in [1.54, 1.807) is 13.3 Å². The van der Waals surface area contributed by atoms with Gasteiger partial charge >= 0.3 is 6.03 Å². The summed E-state index contributed by atoms with van der Waals surface area (Å²) in [6.07, 6.45) is 7.46. The number of thioether (sulfide) groups is 1. The molecule has 49 heavy (non-hydrogen) atoms. The van der Waals surface area contributed by atoms with Crippen molar-refractivity contribution < 1.29 is 23.9 Å². The van der Waals surface area contributed by atoms with Crippen molar-refractivity contribution in [1.29, 1.82) is 0 Å². The largest absolute Gasteiger partial charge is 0.493 e. The van der Waals surface area contributed by atoms with E-state index in [1.165, 1.54) is 0 Å². The zero-order valence-corrected chi connectivity index (χ0v) is 29.0. The Bertz CT molecular complexity index is 1730. The lowest BCUT2D eigenvalue weighted by molar-refractivity contribution is -0.121. The molecule has 6 rings (SSSR count). The Labute approximate surface area is 294 Å². The minimum atomic E-state index is -0.0666. The first kappa shape index (κ1) is 34.6. The Kier molecular flexibility index (Phi) is 11.6. The average Bonchev–Trinajstić information content (AvgIpc) is 3.85. The van der Waals surface area contributed by atoms with Crippen LogP contribution in [0.5, 0.6) is 11.5 Å². The number of hydrogen-bond donors (Lipinski definition) is 7. The molecule has 0 bridgehead atoms. The maximum absolute atomic E-state index is 12.3. The van der Waals surface area contributed by atoms with Gasteiger partial charge in [-0.25, -0.2) is 9.78 Å². The molecule has 0 radical (unpaired) electrons. The third kappa shape index (κ3) is 8.66. The monoisotopic (exact) mass is 710 g/mol. The summed E-state index contributed by atoms with van der Waals surface area (Å²) in [5.74, 6) is 3.01. The molecule has 13 nitrogen and oxygen atoms in total. The van der Waals surface area contributed by atoms with Crippen LogP contribution in [-0.2, 0) is 9.59 Å². The number of amides is 4. The van der Waals surface area contributed by atoms with Gasteiger partial charge in [-0.3, -0.25) is 19.8 Å². The van der Waals surface area contributed by atoms with Crippen molar-refractivity contribution in [2.75, 3.05) is 37.9 Å². The second kappa shape index (κ2) is 16.4. The summed E-state index contributed by atoms with van der Waals surface area (Å²) in [6.45, 7) is 1.49. The summed E-state index contributed by atoms with van der Waals surface area (Å²) in [5, 5.41) is 24.3. The van der Waals surface area contributed by atoms with Gasteiger partial charge in [0, 0.05) is 54.1 Å². The number of nitrogens with zero attached hydrogens (tertiary/aromatic N) is 1. The highest BCUT2D eigenvalue weighted by Crippen LogP contribution is 2.43. The van der Waals surface area contributed by atoms with Crippen molar-refractivity contribution in [3.8, 4) is 22.8 Å². The first-order valence-electron chi connectivity index (χ1n) is 16.8. The van der Waals surface area contributed by atoms with Crippen LogP contribution in [0.1, 0.15) is 51.4 Å². The van der Waals surface area contributed by atoms with Gasteiger partial charge in [-0.2, -0.15) is 11.8 Å². The zero-order chi connectivity index (χ0) is 34.2. The van der Waals surface area contributed by atoms with Gasteiger partial charge in [0.1, 0.15) is 5.82 Å². The third-order valence-electron chi connectivity index (χ3n) is 8.91. The van der Waals surface area contributed by atoms with Crippen molar-refractivity contribution in [3.05, 3.63) is 41.7 Å². The number of aromatic nitrogens is 3. The maximum atomic E-state index is 12.3. The normalized spacial score (nSPS) is 18.2. The lowest BCUT2D eigenvalue weighted by Crippen LogP contribution is -2.36. The average molecular weight is 711 g/mol. The van der Waals surface area contributed by atoms with Crippen LogP contribution in [0.15, 0.2) is 36.5 Å². The van der Waals surface area contributed by atoms with E-state index in [-0.39, 0.29) is 29.9 Å². The number of benzene rings is 1. The number of fused-ring (bicyclic) bond motifs is 4. The predicted octanol–water partition coefficient (Wildman–Crippen LogP) is 5.30. The van der Waals surface area contributed by atoms with E-state index in [2.05, 4.69) is 47.8 Å². The molecule has 4 aliphatic rings. The lowest BCUT2D eigenvalue weighted by atomic mass is 10.0. The number of unbranched alkanes of at least 4 members (excludes halogenated alkanes) is 2. The van der Waals surface area contributed by atoms with Crippen LogP contribution in [0.3, 0.4) is 0 Å². The van der Waals surface area contributed by atoms with E-state index in [1.807, 2.05) is 36.0 Å². The van der Waals surface area contributed by atoms with Gasteiger partial charge in [-0.15, -0.1) is 0 Å². The van der Waals surface area contributed by atoms with Crippen molar-refractivity contribution in [2.24, 2.45) is 0 Å². The number of H-pyrrole nitrogens is 2. The number of anilines is 2. The fourth-order valence-electron chi connectivity index (χ4n) is 6.36. The van der Waals surface area contributed by atoms with E-state index < -0.39 is 0 Å². The van der Waals surface area contributed by atoms with E-state index >= 15 is 0 Å².